The van der Waals surface area contributed by atoms with Gasteiger partial charge in [0.1, 0.15) is 11.9 Å². The van der Waals surface area contributed by atoms with Crippen molar-refractivity contribution in [1.29, 1.82) is 0 Å². The molecule has 1 aliphatic rings. The zero-order valence-corrected chi connectivity index (χ0v) is 18.9. The molecular formula is C22H26INO4. The number of para-hydroxylation sites is 1. The van der Waals surface area contributed by atoms with Crippen LogP contribution in [0.2, 0.25) is 0 Å². The summed E-state index contributed by atoms with van der Waals surface area (Å²) < 4.78 is 17.8. The van der Waals surface area contributed by atoms with E-state index in [-0.39, 0.29) is 12.0 Å². The lowest BCUT2D eigenvalue weighted by atomic mass is 10.0. The number of aryl methyl sites for hydroxylation is 2. The van der Waals surface area contributed by atoms with Gasteiger partial charge >= 0.3 is 0 Å². The first-order valence-corrected chi connectivity index (χ1v) is 10.5. The predicted octanol–water partition coefficient (Wildman–Crippen LogP) is 4.61. The monoisotopic (exact) mass is 495 g/mol. The van der Waals surface area contributed by atoms with Gasteiger partial charge in [-0.3, -0.25) is 4.79 Å². The number of hydrogen-bond acceptors (Lipinski definition) is 4. The summed E-state index contributed by atoms with van der Waals surface area (Å²) in [4.78, 5) is 14.9. The van der Waals surface area contributed by atoms with Crippen molar-refractivity contribution >= 4 is 28.5 Å². The first kappa shape index (κ1) is 20.8. The van der Waals surface area contributed by atoms with Crippen molar-refractivity contribution in [2.24, 2.45) is 0 Å². The first-order chi connectivity index (χ1) is 13.4. The average Bonchev–Trinajstić information content (AvgIpc) is 2.70. The standard InChI is InChI=1S/C22H26INO4/c1-14-6-5-7-15(2)21(14)28-16-8-10-24(11-9-16)22(25)17-12-19(26-3)20(27-4)13-18(17)23/h5-7,12-13,16H,8-11H2,1-4H3. The smallest absolute Gasteiger partial charge is 0.255 e. The largest absolute Gasteiger partial charge is 0.493 e. The minimum absolute atomic E-state index is 0.0240. The first-order valence-electron chi connectivity index (χ1n) is 9.38. The molecule has 0 aliphatic carbocycles. The van der Waals surface area contributed by atoms with E-state index in [0.717, 1.165) is 33.3 Å². The molecule has 3 rings (SSSR count). The van der Waals surface area contributed by atoms with Crippen molar-refractivity contribution in [3.05, 3.63) is 50.6 Å². The Hall–Kier alpha value is -1.96. The van der Waals surface area contributed by atoms with Crippen LogP contribution in [0.1, 0.15) is 34.3 Å². The van der Waals surface area contributed by atoms with Crippen LogP contribution in [0, 0.1) is 17.4 Å². The number of nitrogens with zero attached hydrogens (tertiary/aromatic N) is 1. The average molecular weight is 495 g/mol. The SMILES string of the molecule is COc1cc(I)c(C(=O)N2CCC(Oc3c(C)cccc3C)CC2)cc1OC. The van der Waals surface area contributed by atoms with Gasteiger partial charge in [-0.1, -0.05) is 18.2 Å². The van der Waals surface area contributed by atoms with Crippen LogP contribution in [0.5, 0.6) is 17.2 Å². The fraction of sp³-hybridized carbons (Fsp3) is 0.409. The number of halogens is 1. The Morgan fingerprint density at radius 1 is 1.04 bits per heavy atom. The van der Waals surface area contributed by atoms with Gasteiger partial charge < -0.3 is 19.1 Å². The molecule has 5 nitrogen and oxygen atoms in total. The van der Waals surface area contributed by atoms with Gasteiger partial charge in [-0.25, -0.2) is 0 Å². The van der Waals surface area contributed by atoms with Crippen molar-refractivity contribution in [2.75, 3.05) is 27.3 Å². The molecule has 1 fully saturated rings. The molecule has 1 amide bonds. The number of carbonyl (C=O) groups excluding carboxylic acids is 1. The number of methoxy groups -OCH3 is 2. The van der Waals surface area contributed by atoms with E-state index in [1.807, 2.05) is 17.0 Å². The van der Waals surface area contributed by atoms with E-state index < -0.39 is 0 Å². The van der Waals surface area contributed by atoms with Crippen LogP contribution in [-0.4, -0.2) is 44.2 Å². The Morgan fingerprint density at radius 3 is 2.18 bits per heavy atom. The van der Waals surface area contributed by atoms with E-state index in [4.69, 9.17) is 14.2 Å². The summed E-state index contributed by atoms with van der Waals surface area (Å²) in [5.74, 6) is 2.20. The summed E-state index contributed by atoms with van der Waals surface area (Å²) in [5, 5.41) is 0. The maximum absolute atomic E-state index is 13.0. The second-order valence-corrected chi connectivity index (χ2v) is 8.18. The molecule has 0 spiro atoms. The summed E-state index contributed by atoms with van der Waals surface area (Å²) in [5.41, 5.74) is 2.95. The van der Waals surface area contributed by atoms with Gasteiger partial charge in [0, 0.05) is 29.5 Å². The van der Waals surface area contributed by atoms with E-state index in [0.29, 0.717) is 30.2 Å². The Morgan fingerprint density at radius 2 is 1.61 bits per heavy atom. The zero-order valence-electron chi connectivity index (χ0n) is 16.8. The molecule has 0 radical (unpaired) electrons. The molecule has 0 bridgehead atoms. The molecule has 1 saturated heterocycles. The van der Waals surface area contributed by atoms with Gasteiger partial charge in [-0.2, -0.15) is 0 Å². The lowest BCUT2D eigenvalue weighted by Crippen LogP contribution is -2.42. The molecule has 6 heteroatoms. The van der Waals surface area contributed by atoms with Crippen LogP contribution in [0.4, 0.5) is 0 Å². The number of ether oxygens (including phenoxy) is 3. The Labute approximate surface area is 180 Å². The molecule has 0 aromatic heterocycles. The van der Waals surface area contributed by atoms with Crippen molar-refractivity contribution in [3.8, 4) is 17.2 Å². The third-order valence-electron chi connectivity index (χ3n) is 5.13. The molecule has 150 valence electrons. The molecular weight excluding hydrogens is 469 g/mol. The maximum Gasteiger partial charge on any atom is 0.255 e. The third-order valence-corrected chi connectivity index (χ3v) is 6.02. The molecule has 1 heterocycles. The molecule has 0 atom stereocenters. The van der Waals surface area contributed by atoms with Crippen LogP contribution in [0.25, 0.3) is 0 Å². The van der Waals surface area contributed by atoms with E-state index in [1.54, 1.807) is 20.3 Å². The quantitative estimate of drug-likeness (QED) is 0.569. The number of carbonyl (C=O) groups is 1. The van der Waals surface area contributed by atoms with Crippen molar-refractivity contribution in [3.63, 3.8) is 0 Å². The van der Waals surface area contributed by atoms with Crippen LogP contribution in [0.15, 0.2) is 30.3 Å². The van der Waals surface area contributed by atoms with Gasteiger partial charge in [0.2, 0.25) is 0 Å². The molecule has 1 aliphatic heterocycles. The van der Waals surface area contributed by atoms with Crippen LogP contribution < -0.4 is 14.2 Å². The number of hydrogen-bond donors (Lipinski definition) is 0. The number of benzene rings is 2. The minimum Gasteiger partial charge on any atom is -0.493 e. The number of likely N-dealkylation sites (tertiary alicyclic amines) is 1. The van der Waals surface area contributed by atoms with Crippen LogP contribution >= 0.6 is 22.6 Å². The van der Waals surface area contributed by atoms with Crippen LogP contribution in [-0.2, 0) is 0 Å². The summed E-state index contributed by atoms with van der Waals surface area (Å²) in [6.07, 6.45) is 1.78. The number of rotatable bonds is 5. The highest BCUT2D eigenvalue weighted by Gasteiger charge is 2.27. The van der Waals surface area contributed by atoms with Crippen LogP contribution in [0.3, 0.4) is 0 Å². The number of piperidine rings is 1. The maximum atomic E-state index is 13.0. The van der Waals surface area contributed by atoms with Gasteiger partial charge in [-0.15, -0.1) is 0 Å². The molecule has 2 aromatic carbocycles. The van der Waals surface area contributed by atoms with E-state index in [1.165, 1.54) is 0 Å². The Bertz CT molecular complexity index is 840. The topological polar surface area (TPSA) is 48.0 Å². The second-order valence-electron chi connectivity index (χ2n) is 7.02. The molecule has 0 N–H and O–H groups in total. The highest BCUT2D eigenvalue weighted by atomic mass is 127. The third kappa shape index (κ3) is 4.37. The molecule has 28 heavy (non-hydrogen) atoms. The minimum atomic E-state index is 0.0240. The summed E-state index contributed by atoms with van der Waals surface area (Å²) >= 11 is 2.17. The van der Waals surface area contributed by atoms with Gasteiger partial charge in [0.25, 0.3) is 5.91 Å². The Kier molecular flexibility index (Phi) is 6.69. The Balaban J connectivity index is 1.67. The van der Waals surface area contributed by atoms with Crippen molar-refractivity contribution < 1.29 is 19.0 Å². The van der Waals surface area contributed by atoms with Gasteiger partial charge in [-0.05, 0) is 59.7 Å². The summed E-state index contributed by atoms with van der Waals surface area (Å²) in [6, 6.07) is 9.79. The van der Waals surface area contributed by atoms with Gasteiger partial charge in [0.05, 0.1) is 19.8 Å². The molecule has 0 unspecified atom stereocenters. The van der Waals surface area contributed by atoms with Crippen molar-refractivity contribution in [1.82, 2.24) is 4.90 Å². The predicted molar refractivity (Wildman–Crippen MR) is 118 cm³/mol. The molecule has 0 saturated carbocycles. The normalized spacial score (nSPS) is 14.7. The van der Waals surface area contributed by atoms with Gasteiger partial charge in [0.15, 0.2) is 11.5 Å². The summed E-state index contributed by atoms with van der Waals surface area (Å²) in [7, 11) is 3.17. The molecule has 2 aromatic rings. The lowest BCUT2D eigenvalue weighted by molar-refractivity contribution is 0.0591. The fourth-order valence-electron chi connectivity index (χ4n) is 3.52. The lowest BCUT2D eigenvalue weighted by Gasteiger charge is -2.33. The highest BCUT2D eigenvalue weighted by Crippen LogP contribution is 2.32. The van der Waals surface area contributed by atoms with E-state index >= 15 is 0 Å². The number of amides is 1. The van der Waals surface area contributed by atoms with Crippen molar-refractivity contribution in [2.45, 2.75) is 32.8 Å². The van der Waals surface area contributed by atoms with E-state index in [2.05, 4.69) is 48.6 Å². The second kappa shape index (κ2) is 9.03. The van der Waals surface area contributed by atoms with E-state index in [9.17, 15) is 4.79 Å². The highest BCUT2D eigenvalue weighted by molar-refractivity contribution is 14.1. The summed E-state index contributed by atoms with van der Waals surface area (Å²) in [6.45, 7) is 5.50. The zero-order chi connectivity index (χ0) is 20.3. The fourth-order valence-corrected chi connectivity index (χ4v) is 4.19.